The molecular weight excluding hydrogens is 384 g/mol. The fourth-order valence-electron chi connectivity index (χ4n) is 2.99. The van der Waals surface area contributed by atoms with Crippen molar-refractivity contribution in [3.8, 4) is 5.75 Å². The summed E-state index contributed by atoms with van der Waals surface area (Å²) < 4.78 is 10.3. The van der Waals surface area contributed by atoms with Crippen LogP contribution in [0.1, 0.15) is 20.7 Å². The highest BCUT2D eigenvalue weighted by Crippen LogP contribution is 2.27. The Bertz CT molecular complexity index is 1230. The van der Waals surface area contributed by atoms with Gasteiger partial charge < -0.3 is 25.6 Å². The Labute approximate surface area is 171 Å². The van der Waals surface area contributed by atoms with Gasteiger partial charge in [-0.05, 0) is 48.5 Å². The molecule has 0 unspecified atom stereocenters. The number of para-hydroxylation sites is 3. The van der Waals surface area contributed by atoms with Crippen LogP contribution in [0.15, 0.2) is 71.3 Å². The first-order valence-corrected chi connectivity index (χ1v) is 9.06. The second-order valence-electron chi connectivity index (χ2n) is 6.43. The van der Waals surface area contributed by atoms with E-state index >= 15 is 0 Å². The summed E-state index contributed by atoms with van der Waals surface area (Å²) in [5.74, 6) is 0.139. The Morgan fingerprint density at radius 1 is 0.900 bits per heavy atom. The number of amides is 2. The van der Waals surface area contributed by atoms with Crippen LogP contribution in [0.3, 0.4) is 0 Å². The lowest BCUT2D eigenvalue weighted by atomic mass is 10.1. The van der Waals surface area contributed by atoms with E-state index in [0.29, 0.717) is 33.7 Å². The van der Waals surface area contributed by atoms with Crippen LogP contribution in [0.25, 0.3) is 11.0 Å². The molecule has 1 heterocycles. The third kappa shape index (κ3) is 3.66. The van der Waals surface area contributed by atoms with Crippen LogP contribution in [-0.2, 0) is 0 Å². The number of nitrogens with one attached hydrogen (secondary N) is 2. The molecule has 8 nitrogen and oxygen atoms in total. The van der Waals surface area contributed by atoms with Gasteiger partial charge in [0.15, 0.2) is 11.4 Å². The maximum atomic E-state index is 12.8. The van der Waals surface area contributed by atoms with Crippen LogP contribution >= 0.6 is 0 Å². The molecule has 1 aromatic heterocycles. The third-order valence-electron chi connectivity index (χ3n) is 4.55. The van der Waals surface area contributed by atoms with E-state index in [2.05, 4.69) is 15.8 Å². The number of carbonyl (C=O) groups is 2. The van der Waals surface area contributed by atoms with E-state index in [4.69, 9.17) is 15.0 Å². The largest absolute Gasteiger partial charge is 0.497 e. The zero-order chi connectivity index (χ0) is 21.1. The molecule has 4 N–H and O–H groups in total. The summed E-state index contributed by atoms with van der Waals surface area (Å²) in [6.45, 7) is 0. The van der Waals surface area contributed by atoms with Gasteiger partial charge in [0.1, 0.15) is 5.75 Å². The number of benzene rings is 3. The van der Waals surface area contributed by atoms with Crippen molar-refractivity contribution in [1.29, 1.82) is 0 Å². The van der Waals surface area contributed by atoms with Crippen LogP contribution in [0.4, 0.5) is 17.2 Å². The molecule has 30 heavy (non-hydrogen) atoms. The number of hydrogen-bond acceptors (Lipinski definition) is 6. The summed E-state index contributed by atoms with van der Waals surface area (Å²) in [5.41, 5.74) is 7.69. The first-order valence-electron chi connectivity index (χ1n) is 9.06. The number of nitrogens with two attached hydrogens (primary N) is 1. The van der Waals surface area contributed by atoms with Gasteiger partial charge in [0, 0.05) is 5.56 Å². The summed E-state index contributed by atoms with van der Waals surface area (Å²) in [7, 11) is 1.56. The molecule has 0 saturated heterocycles. The van der Waals surface area contributed by atoms with E-state index in [1.165, 1.54) is 0 Å². The maximum absolute atomic E-state index is 12.8. The first-order chi connectivity index (χ1) is 14.6. The van der Waals surface area contributed by atoms with E-state index in [9.17, 15) is 9.59 Å². The molecule has 3 aromatic carbocycles. The number of nitrogen functional groups attached to an aromatic ring is 1. The van der Waals surface area contributed by atoms with Gasteiger partial charge in [-0.3, -0.25) is 9.59 Å². The van der Waals surface area contributed by atoms with Crippen LogP contribution in [0, 0.1) is 0 Å². The lowest BCUT2D eigenvalue weighted by Gasteiger charge is -2.12. The monoisotopic (exact) mass is 402 g/mol. The van der Waals surface area contributed by atoms with Crippen LogP contribution in [0.5, 0.6) is 5.75 Å². The Morgan fingerprint density at radius 2 is 1.57 bits per heavy atom. The molecule has 150 valence electrons. The molecule has 0 spiro atoms. The van der Waals surface area contributed by atoms with Crippen molar-refractivity contribution in [2.24, 2.45) is 0 Å². The fraction of sp³-hybridized carbons (Fsp3) is 0.0455. The molecule has 0 aliphatic carbocycles. The molecule has 0 fully saturated rings. The Hall–Kier alpha value is -4.33. The topological polar surface area (TPSA) is 119 Å². The first kappa shape index (κ1) is 19.0. The molecular formula is C22H18N4O4. The van der Waals surface area contributed by atoms with Crippen LogP contribution in [-0.4, -0.2) is 24.1 Å². The molecule has 4 aromatic rings. The van der Waals surface area contributed by atoms with Gasteiger partial charge in [-0.1, -0.05) is 23.4 Å². The molecule has 0 aliphatic heterocycles. The van der Waals surface area contributed by atoms with Crippen molar-refractivity contribution < 1.29 is 18.8 Å². The van der Waals surface area contributed by atoms with Gasteiger partial charge in [0.2, 0.25) is 0 Å². The molecule has 0 bridgehead atoms. The minimum Gasteiger partial charge on any atom is -0.497 e. The van der Waals surface area contributed by atoms with Crippen LogP contribution in [0.2, 0.25) is 0 Å². The Balaban J connectivity index is 1.57. The number of methoxy groups -OCH3 is 1. The van der Waals surface area contributed by atoms with Gasteiger partial charge in [-0.2, -0.15) is 0 Å². The SMILES string of the molecule is COc1ccc(C(=O)Nc2ccccc2NC(=O)c2cccc3c(N)noc23)cc1. The lowest BCUT2D eigenvalue weighted by Crippen LogP contribution is -2.17. The number of rotatable bonds is 5. The standard InChI is InChI=1S/C22H18N4O4/c1-29-14-11-9-13(10-12-14)21(27)24-17-7-2-3-8-18(17)25-22(28)16-6-4-5-15-19(16)30-26-20(15)23/h2-12H,1H3,(H2,23,26)(H,24,27)(H,25,28). The van der Waals surface area contributed by atoms with Crippen molar-refractivity contribution in [3.05, 3.63) is 77.9 Å². The highest BCUT2D eigenvalue weighted by molar-refractivity contribution is 6.14. The van der Waals surface area contributed by atoms with E-state index in [1.807, 2.05) is 0 Å². The van der Waals surface area contributed by atoms with Gasteiger partial charge >= 0.3 is 0 Å². The second kappa shape index (κ2) is 7.96. The molecule has 0 atom stereocenters. The smallest absolute Gasteiger partial charge is 0.259 e. The minimum absolute atomic E-state index is 0.215. The quantitative estimate of drug-likeness (QED) is 0.465. The normalized spacial score (nSPS) is 10.6. The molecule has 4 rings (SSSR count). The van der Waals surface area contributed by atoms with E-state index in [-0.39, 0.29) is 17.3 Å². The number of carbonyl (C=O) groups excluding carboxylic acids is 2. The van der Waals surface area contributed by atoms with Crippen molar-refractivity contribution in [2.75, 3.05) is 23.5 Å². The van der Waals surface area contributed by atoms with E-state index in [0.717, 1.165) is 0 Å². The Morgan fingerprint density at radius 3 is 2.23 bits per heavy atom. The summed E-state index contributed by atoms with van der Waals surface area (Å²) in [5, 5.41) is 9.88. The highest BCUT2D eigenvalue weighted by atomic mass is 16.5. The average Bonchev–Trinajstić information content (AvgIpc) is 3.16. The molecule has 0 radical (unpaired) electrons. The Kier molecular flexibility index (Phi) is 5.04. The molecule has 2 amide bonds. The number of aromatic nitrogens is 1. The third-order valence-corrected chi connectivity index (χ3v) is 4.55. The van der Waals surface area contributed by atoms with Gasteiger partial charge in [0.25, 0.3) is 11.8 Å². The lowest BCUT2D eigenvalue weighted by molar-refractivity contribution is 0.101. The minimum atomic E-state index is -0.414. The van der Waals surface area contributed by atoms with Crippen molar-refractivity contribution in [2.45, 2.75) is 0 Å². The van der Waals surface area contributed by atoms with Crippen molar-refractivity contribution in [1.82, 2.24) is 5.16 Å². The summed E-state index contributed by atoms with van der Waals surface area (Å²) in [6, 6.07) is 18.7. The number of anilines is 3. The number of fused-ring (bicyclic) bond motifs is 1. The molecule has 0 aliphatic rings. The number of nitrogens with zero attached hydrogens (tertiary/aromatic N) is 1. The zero-order valence-electron chi connectivity index (χ0n) is 16.0. The molecule has 0 saturated carbocycles. The second-order valence-corrected chi connectivity index (χ2v) is 6.43. The van der Waals surface area contributed by atoms with Gasteiger partial charge in [-0.25, -0.2) is 0 Å². The average molecular weight is 402 g/mol. The van der Waals surface area contributed by atoms with Gasteiger partial charge in [0.05, 0.1) is 29.4 Å². The number of hydrogen-bond donors (Lipinski definition) is 3. The predicted molar refractivity (Wildman–Crippen MR) is 114 cm³/mol. The van der Waals surface area contributed by atoms with E-state index < -0.39 is 5.91 Å². The number of ether oxygens (including phenoxy) is 1. The van der Waals surface area contributed by atoms with E-state index in [1.54, 1.807) is 73.8 Å². The zero-order valence-corrected chi connectivity index (χ0v) is 16.0. The summed E-state index contributed by atoms with van der Waals surface area (Å²) >= 11 is 0. The van der Waals surface area contributed by atoms with Crippen molar-refractivity contribution >= 4 is 40.0 Å². The predicted octanol–water partition coefficient (Wildman–Crippen LogP) is 3.92. The highest BCUT2D eigenvalue weighted by Gasteiger charge is 2.17. The summed E-state index contributed by atoms with van der Waals surface area (Å²) in [4.78, 5) is 25.4. The molecule has 8 heteroatoms. The van der Waals surface area contributed by atoms with Crippen LogP contribution < -0.4 is 21.1 Å². The summed E-state index contributed by atoms with van der Waals surface area (Å²) in [6.07, 6.45) is 0. The van der Waals surface area contributed by atoms with Crippen molar-refractivity contribution in [3.63, 3.8) is 0 Å². The van der Waals surface area contributed by atoms with Gasteiger partial charge in [-0.15, -0.1) is 0 Å². The fourth-order valence-corrected chi connectivity index (χ4v) is 2.99. The maximum Gasteiger partial charge on any atom is 0.259 e.